The third-order valence-corrected chi connectivity index (χ3v) is 7.78. The molecule has 4 nitrogen and oxygen atoms in total. The minimum Gasteiger partial charge on any atom is -0.515 e. The Morgan fingerprint density at radius 2 is 1.64 bits per heavy atom. The zero-order valence-corrected chi connectivity index (χ0v) is 19.8. The molecule has 0 amide bonds. The molecule has 2 aliphatic rings. The predicted molar refractivity (Wildman–Crippen MR) is 136 cm³/mol. The maximum Gasteiger partial charge on any atom is 0.169 e. The number of benzene rings is 3. The summed E-state index contributed by atoms with van der Waals surface area (Å²) in [5.74, 6) is 1.05. The summed E-state index contributed by atoms with van der Waals surface area (Å²) in [6.45, 7) is 0. The number of rotatable bonds is 1. The molecule has 7 heteroatoms. The fourth-order valence-electron chi connectivity index (χ4n) is 3.70. The number of aromatic nitrogens is 2. The number of Topliss-reactive ketones (excluding diaryl/α,β-unsaturated/α-hetero) is 1. The third-order valence-electron chi connectivity index (χ3n) is 5.31. The van der Waals surface area contributed by atoms with Crippen molar-refractivity contribution in [3.8, 4) is 16.9 Å². The van der Waals surface area contributed by atoms with Gasteiger partial charge in [0, 0.05) is 54.8 Å². The number of allylic oxidation sites excluding steroid dienone is 1. The SMILES string of the molecule is Clc1ccc(-n2cc3c(n2)-c2ccccc2SC3)cc1.O=C1C/C(=C/O)Sc2ccccc21. The highest BCUT2D eigenvalue weighted by atomic mass is 35.5. The van der Waals surface area contributed by atoms with Crippen molar-refractivity contribution < 1.29 is 9.90 Å². The Balaban J connectivity index is 0.000000152. The molecule has 3 heterocycles. The summed E-state index contributed by atoms with van der Waals surface area (Å²) in [6.07, 6.45) is 3.44. The zero-order valence-electron chi connectivity index (χ0n) is 17.4. The van der Waals surface area contributed by atoms with Gasteiger partial charge in [-0.15, -0.1) is 11.8 Å². The summed E-state index contributed by atoms with van der Waals surface area (Å²) in [7, 11) is 0. The Kier molecular flexibility index (Phi) is 6.31. The molecule has 4 aromatic rings. The molecule has 0 radical (unpaired) electrons. The molecule has 0 atom stereocenters. The van der Waals surface area contributed by atoms with Crippen LogP contribution in [0.3, 0.4) is 0 Å². The first-order valence-corrected chi connectivity index (χ1v) is 12.5. The van der Waals surface area contributed by atoms with Crippen LogP contribution in [0.15, 0.2) is 100.0 Å². The lowest BCUT2D eigenvalue weighted by Gasteiger charge is -2.15. The van der Waals surface area contributed by atoms with Crippen molar-refractivity contribution in [2.45, 2.75) is 22.0 Å². The molecule has 0 unspecified atom stereocenters. The van der Waals surface area contributed by atoms with E-state index in [0.29, 0.717) is 11.3 Å². The van der Waals surface area contributed by atoms with E-state index in [1.807, 2.05) is 65.0 Å². The minimum absolute atomic E-state index is 0.0784. The van der Waals surface area contributed by atoms with Crippen LogP contribution in [0.5, 0.6) is 0 Å². The summed E-state index contributed by atoms with van der Waals surface area (Å²) in [5, 5.41) is 14.3. The zero-order chi connectivity index (χ0) is 22.8. The summed E-state index contributed by atoms with van der Waals surface area (Å²) in [5.41, 5.74) is 5.40. The number of ketones is 1. The van der Waals surface area contributed by atoms with Crippen LogP contribution in [-0.4, -0.2) is 20.7 Å². The maximum atomic E-state index is 11.5. The summed E-state index contributed by atoms with van der Waals surface area (Å²) in [4.78, 5) is 14.4. The van der Waals surface area contributed by atoms with Crippen molar-refractivity contribution in [1.29, 1.82) is 0 Å². The number of carbonyl (C=O) groups is 1. The molecule has 0 aliphatic carbocycles. The lowest BCUT2D eigenvalue weighted by atomic mass is 10.1. The average Bonchev–Trinajstić information content (AvgIpc) is 3.30. The molecule has 164 valence electrons. The number of hydrogen-bond donors (Lipinski definition) is 1. The second kappa shape index (κ2) is 9.51. The number of aliphatic hydroxyl groups is 1. The highest BCUT2D eigenvalue weighted by Crippen LogP contribution is 2.40. The van der Waals surface area contributed by atoms with Crippen molar-refractivity contribution in [1.82, 2.24) is 9.78 Å². The van der Waals surface area contributed by atoms with E-state index in [1.54, 1.807) is 0 Å². The fourth-order valence-corrected chi connectivity index (χ4v) is 5.82. The molecule has 33 heavy (non-hydrogen) atoms. The van der Waals surface area contributed by atoms with Gasteiger partial charge in [-0.3, -0.25) is 4.79 Å². The third kappa shape index (κ3) is 4.60. The number of aliphatic hydroxyl groups excluding tert-OH is 1. The van der Waals surface area contributed by atoms with Crippen molar-refractivity contribution in [2.75, 3.05) is 0 Å². The van der Waals surface area contributed by atoms with Gasteiger partial charge in [0.1, 0.15) is 0 Å². The topological polar surface area (TPSA) is 55.1 Å². The quantitative estimate of drug-likeness (QED) is 0.279. The number of halogens is 1. The van der Waals surface area contributed by atoms with Gasteiger partial charge >= 0.3 is 0 Å². The van der Waals surface area contributed by atoms with Gasteiger partial charge in [0.25, 0.3) is 0 Å². The lowest BCUT2D eigenvalue weighted by molar-refractivity contribution is 0.0990. The van der Waals surface area contributed by atoms with Crippen LogP contribution in [0.4, 0.5) is 0 Å². The first-order chi connectivity index (χ1) is 16.1. The Bertz CT molecular complexity index is 1360. The molecular weight excluding hydrogens is 472 g/mol. The summed E-state index contributed by atoms with van der Waals surface area (Å²) >= 11 is 9.25. The second-order valence-electron chi connectivity index (χ2n) is 7.50. The van der Waals surface area contributed by atoms with E-state index in [1.165, 1.54) is 27.8 Å². The average molecular weight is 491 g/mol. The van der Waals surface area contributed by atoms with Crippen LogP contribution < -0.4 is 0 Å². The number of thioether (sulfide) groups is 2. The van der Waals surface area contributed by atoms with Crippen LogP contribution in [0.2, 0.25) is 5.02 Å². The highest BCUT2D eigenvalue weighted by molar-refractivity contribution is 8.03. The Labute approximate surface area is 205 Å². The molecule has 0 saturated carbocycles. The number of nitrogens with zero attached hydrogens (tertiary/aromatic N) is 2. The first kappa shape index (κ1) is 21.9. The lowest BCUT2D eigenvalue weighted by Crippen LogP contribution is -2.06. The molecule has 3 aromatic carbocycles. The second-order valence-corrected chi connectivity index (χ2v) is 10.1. The summed E-state index contributed by atoms with van der Waals surface area (Å²) < 4.78 is 1.93. The standard InChI is InChI=1S/C16H11ClN2S.C10H8O2S/c17-12-5-7-13(8-6-12)19-9-11-10-20-15-4-2-1-3-14(15)16(11)18-19;11-6-7-5-9(12)8-3-1-2-4-10(8)13-7/h1-9H,10H2;1-4,6,11H,5H2/b;7-6-. The fraction of sp³-hybridized carbons (Fsp3) is 0.0769. The molecule has 1 N–H and O–H groups in total. The van der Waals surface area contributed by atoms with Crippen molar-refractivity contribution in [3.63, 3.8) is 0 Å². The first-order valence-electron chi connectivity index (χ1n) is 10.3. The van der Waals surface area contributed by atoms with Crippen molar-refractivity contribution >= 4 is 40.9 Å². The molecule has 0 bridgehead atoms. The van der Waals surface area contributed by atoms with Crippen LogP contribution in [0.25, 0.3) is 16.9 Å². The van der Waals surface area contributed by atoms with Crippen LogP contribution in [0, 0.1) is 0 Å². The Morgan fingerprint density at radius 1 is 0.939 bits per heavy atom. The Hall–Kier alpha value is -2.93. The highest BCUT2D eigenvalue weighted by Gasteiger charge is 2.21. The normalized spacial score (nSPS) is 15.2. The van der Waals surface area contributed by atoms with E-state index in [4.69, 9.17) is 21.8 Å². The van der Waals surface area contributed by atoms with E-state index < -0.39 is 0 Å². The van der Waals surface area contributed by atoms with Gasteiger partial charge in [-0.1, -0.05) is 59.8 Å². The van der Waals surface area contributed by atoms with E-state index >= 15 is 0 Å². The van der Waals surface area contributed by atoms with Gasteiger partial charge in [-0.05, 0) is 36.4 Å². The largest absolute Gasteiger partial charge is 0.515 e. The number of carbonyl (C=O) groups excluding carboxylic acids is 1. The van der Waals surface area contributed by atoms with E-state index in [2.05, 4.69) is 30.5 Å². The number of hydrogen-bond acceptors (Lipinski definition) is 5. The molecule has 0 spiro atoms. The molecule has 2 aliphatic heterocycles. The molecule has 0 saturated heterocycles. The molecule has 6 rings (SSSR count). The monoisotopic (exact) mass is 490 g/mol. The molecular formula is C26H19ClN2O2S2. The number of fused-ring (bicyclic) bond motifs is 4. The van der Waals surface area contributed by atoms with Crippen LogP contribution in [-0.2, 0) is 5.75 Å². The van der Waals surface area contributed by atoms with Crippen LogP contribution >= 0.6 is 35.1 Å². The van der Waals surface area contributed by atoms with Gasteiger partial charge in [-0.25, -0.2) is 4.68 Å². The van der Waals surface area contributed by atoms with Crippen molar-refractivity contribution in [3.05, 3.63) is 106 Å². The molecule has 1 aromatic heterocycles. The van der Waals surface area contributed by atoms with Gasteiger partial charge in [0.05, 0.1) is 17.6 Å². The van der Waals surface area contributed by atoms with Gasteiger partial charge in [0.2, 0.25) is 0 Å². The smallest absolute Gasteiger partial charge is 0.169 e. The Morgan fingerprint density at radius 3 is 2.39 bits per heavy atom. The van der Waals surface area contributed by atoms with Crippen molar-refractivity contribution in [2.24, 2.45) is 0 Å². The molecule has 0 fully saturated rings. The van der Waals surface area contributed by atoms with E-state index in [9.17, 15) is 4.79 Å². The van der Waals surface area contributed by atoms with E-state index in [-0.39, 0.29) is 5.78 Å². The van der Waals surface area contributed by atoms with Gasteiger partial charge < -0.3 is 5.11 Å². The minimum atomic E-state index is 0.0784. The van der Waals surface area contributed by atoms with Gasteiger partial charge in [-0.2, -0.15) is 5.10 Å². The summed E-state index contributed by atoms with van der Waals surface area (Å²) in [6, 6.07) is 23.6. The predicted octanol–water partition coefficient (Wildman–Crippen LogP) is 7.56. The van der Waals surface area contributed by atoms with E-state index in [0.717, 1.165) is 38.9 Å². The van der Waals surface area contributed by atoms with Gasteiger partial charge in [0.15, 0.2) is 5.78 Å². The van der Waals surface area contributed by atoms with Crippen LogP contribution in [0.1, 0.15) is 22.3 Å². The maximum absolute atomic E-state index is 11.5.